The van der Waals surface area contributed by atoms with Crippen molar-refractivity contribution in [2.24, 2.45) is 5.10 Å². The van der Waals surface area contributed by atoms with Gasteiger partial charge in [0, 0.05) is 24.8 Å². The summed E-state index contributed by atoms with van der Waals surface area (Å²) >= 11 is 5.30. The smallest absolute Gasteiger partial charge is 0.255 e. The van der Waals surface area contributed by atoms with Gasteiger partial charge in [-0.25, -0.2) is 5.01 Å². The number of rotatable bonds is 7. The average molecular weight is 383 g/mol. The Morgan fingerprint density at radius 1 is 1.22 bits per heavy atom. The molecule has 27 heavy (non-hydrogen) atoms. The number of aryl methyl sites for hydroxylation is 1. The number of benzene rings is 2. The Balaban J connectivity index is 1.97. The van der Waals surface area contributed by atoms with Gasteiger partial charge < -0.3 is 10.6 Å². The van der Waals surface area contributed by atoms with Crippen molar-refractivity contribution >= 4 is 35.1 Å². The van der Waals surface area contributed by atoms with Crippen LogP contribution in [-0.2, 0) is 0 Å². The van der Waals surface area contributed by atoms with Crippen LogP contribution in [0.1, 0.15) is 41.3 Å². The van der Waals surface area contributed by atoms with E-state index in [1.54, 1.807) is 18.3 Å². The van der Waals surface area contributed by atoms with Crippen LogP contribution in [0.3, 0.4) is 0 Å². The summed E-state index contributed by atoms with van der Waals surface area (Å²) < 4.78 is 0. The van der Waals surface area contributed by atoms with Gasteiger partial charge in [-0.1, -0.05) is 43.2 Å². The Kier molecular flexibility index (Phi) is 7.95. The van der Waals surface area contributed by atoms with Crippen LogP contribution in [0.15, 0.2) is 53.6 Å². The fourth-order valence-corrected chi connectivity index (χ4v) is 2.45. The van der Waals surface area contributed by atoms with Gasteiger partial charge in [-0.15, -0.1) is 0 Å². The number of amides is 1. The van der Waals surface area contributed by atoms with Gasteiger partial charge in [0.25, 0.3) is 5.91 Å². The van der Waals surface area contributed by atoms with Crippen molar-refractivity contribution in [1.29, 1.82) is 0 Å². The lowest BCUT2D eigenvalue weighted by Gasteiger charge is -2.15. The minimum Gasteiger partial charge on any atom is -0.361 e. The van der Waals surface area contributed by atoms with E-state index in [4.69, 9.17) is 12.2 Å². The van der Waals surface area contributed by atoms with Gasteiger partial charge in [0.1, 0.15) is 0 Å². The first kappa shape index (κ1) is 20.6. The first-order chi connectivity index (χ1) is 13.0. The van der Waals surface area contributed by atoms with Crippen molar-refractivity contribution in [3.63, 3.8) is 0 Å². The van der Waals surface area contributed by atoms with E-state index in [2.05, 4.69) is 22.7 Å². The van der Waals surface area contributed by atoms with Gasteiger partial charge in [0.05, 0.1) is 6.21 Å². The van der Waals surface area contributed by atoms with Gasteiger partial charge in [0.2, 0.25) is 0 Å². The Bertz CT molecular complexity index is 802. The average Bonchev–Trinajstić information content (AvgIpc) is 2.67. The summed E-state index contributed by atoms with van der Waals surface area (Å²) in [5.41, 5.74) is 3.34. The number of carbonyl (C=O) groups is 1. The SMILES string of the molecule is CCCCNC(=S)N(C)N=Cc1cccc(NC(=O)c2ccc(C)cc2)c1. The Morgan fingerprint density at radius 2 is 1.96 bits per heavy atom. The standard InChI is InChI=1S/C21H26N4OS/c1-4-5-13-22-21(27)25(3)23-15-17-7-6-8-19(14-17)24-20(26)18-11-9-16(2)10-12-18/h6-12,14-15H,4-5,13H2,1-3H3,(H,22,27)(H,24,26). The molecule has 0 aliphatic carbocycles. The zero-order valence-corrected chi connectivity index (χ0v) is 16.8. The van der Waals surface area contributed by atoms with Gasteiger partial charge >= 0.3 is 0 Å². The maximum absolute atomic E-state index is 12.3. The molecular weight excluding hydrogens is 356 g/mol. The van der Waals surface area contributed by atoms with Crippen LogP contribution in [0.25, 0.3) is 0 Å². The summed E-state index contributed by atoms with van der Waals surface area (Å²) in [6.45, 7) is 4.97. The summed E-state index contributed by atoms with van der Waals surface area (Å²) in [4.78, 5) is 12.3. The van der Waals surface area contributed by atoms with E-state index in [0.717, 1.165) is 36.2 Å². The molecule has 0 bridgehead atoms. The molecule has 0 radical (unpaired) electrons. The maximum Gasteiger partial charge on any atom is 0.255 e. The third-order valence-corrected chi connectivity index (χ3v) is 4.35. The molecule has 142 valence electrons. The summed E-state index contributed by atoms with van der Waals surface area (Å²) in [5, 5.41) is 12.6. The summed E-state index contributed by atoms with van der Waals surface area (Å²) in [7, 11) is 1.81. The van der Waals surface area contributed by atoms with Crippen LogP contribution in [0.4, 0.5) is 5.69 Å². The number of nitrogens with zero attached hydrogens (tertiary/aromatic N) is 2. The number of hydrazone groups is 1. The van der Waals surface area contributed by atoms with Crippen LogP contribution < -0.4 is 10.6 Å². The quantitative estimate of drug-likeness (QED) is 0.326. The van der Waals surface area contributed by atoms with Crippen molar-refractivity contribution in [3.05, 3.63) is 65.2 Å². The topological polar surface area (TPSA) is 56.7 Å². The molecule has 2 rings (SSSR count). The van der Waals surface area contributed by atoms with Crippen molar-refractivity contribution in [2.75, 3.05) is 18.9 Å². The maximum atomic E-state index is 12.3. The lowest BCUT2D eigenvalue weighted by Crippen LogP contribution is -2.34. The molecule has 0 heterocycles. The third kappa shape index (κ3) is 6.83. The number of carbonyl (C=O) groups excluding carboxylic acids is 1. The molecule has 2 N–H and O–H groups in total. The number of hydrogen-bond donors (Lipinski definition) is 2. The lowest BCUT2D eigenvalue weighted by atomic mass is 10.1. The van der Waals surface area contributed by atoms with Crippen LogP contribution >= 0.6 is 12.2 Å². The highest BCUT2D eigenvalue weighted by Crippen LogP contribution is 2.12. The molecule has 0 aliphatic rings. The highest BCUT2D eigenvalue weighted by molar-refractivity contribution is 7.80. The molecule has 0 saturated heterocycles. The minimum absolute atomic E-state index is 0.137. The molecule has 0 saturated carbocycles. The monoisotopic (exact) mass is 382 g/mol. The van der Waals surface area contributed by atoms with Gasteiger partial charge in [-0.05, 0) is 55.4 Å². The van der Waals surface area contributed by atoms with E-state index in [-0.39, 0.29) is 5.91 Å². The fraction of sp³-hybridized carbons (Fsp3) is 0.286. The highest BCUT2D eigenvalue weighted by Gasteiger charge is 2.06. The molecule has 0 fully saturated rings. The Hall–Kier alpha value is -2.73. The Labute approximate surface area is 166 Å². The van der Waals surface area contributed by atoms with Crippen LogP contribution in [-0.4, -0.2) is 35.8 Å². The summed E-state index contributed by atoms with van der Waals surface area (Å²) in [6.07, 6.45) is 3.90. The molecule has 2 aromatic carbocycles. The van der Waals surface area contributed by atoms with E-state index in [1.807, 2.05) is 55.5 Å². The van der Waals surface area contributed by atoms with E-state index in [0.29, 0.717) is 10.7 Å². The normalized spacial score (nSPS) is 10.6. The van der Waals surface area contributed by atoms with Gasteiger partial charge in [-0.3, -0.25) is 4.79 Å². The van der Waals surface area contributed by atoms with E-state index < -0.39 is 0 Å². The van der Waals surface area contributed by atoms with E-state index in [1.165, 1.54) is 0 Å². The van der Waals surface area contributed by atoms with Crippen LogP contribution in [0.5, 0.6) is 0 Å². The van der Waals surface area contributed by atoms with Gasteiger partial charge in [0.15, 0.2) is 5.11 Å². The van der Waals surface area contributed by atoms with Crippen LogP contribution in [0, 0.1) is 6.92 Å². The minimum atomic E-state index is -0.137. The lowest BCUT2D eigenvalue weighted by molar-refractivity contribution is 0.102. The molecule has 2 aromatic rings. The summed E-state index contributed by atoms with van der Waals surface area (Å²) in [5.74, 6) is -0.137. The number of unbranched alkanes of at least 4 members (excludes halogenated alkanes) is 1. The van der Waals surface area contributed by atoms with Crippen molar-refractivity contribution in [3.8, 4) is 0 Å². The zero-order chi connectivity index (χ0) is 19.6. The molecule has 5 nitrogen and oxygen atoms in total. The number of nitrogens with one attached hydrogen (secondary N) is 2. The molecule has 0 aliphatic heterocycles. The fourth-order valence-electron chi connectivity index (χ4n) is 2.30. The predicted molar refractivity (Wildman–Crippen MR) is 116 cm³/mol. The predicted octanol–water partition coefficient (Wildman–Crippen LogP) is 4.19. The second kappa shape index (κ2) is 10.4. The van der Waals surface area contributed by atoms with E-state index in [9.17, 15) is 4.79 Å². The second-order valence-corrected chi connectivity index (χ2v) is 6.69. The van der Waals surface area contributed by atoms with Gasteiger partial charge in [-0.2, -0.15) is 5.10 Å². The first-order valence-corrected chi connectivity index (χ1v) is 9.44. The summed E-state index contributed by atoms with van der Waals surface area (Å²) in [6, 6.07) is 15.0. The second-order valence-electron chi connectivity index (χ2n) is 6.30. The van der Waals surface area contributed by atoms with Crippen LogP contribution in [0.2, 0.25) is 0 Å². The molecular formula is C21H26N4OS. The van der Waals surface area contributed by atoms with E-state index >= 15 is 0 Å². The molecule has 0 atom stereocenters. The molecule has 0 aromatic heterocycles. The molecule has 6 heteroatoms. The third-order valence-electron chi connectivity index (χ3n) is 3.94. The first-order valence-electron chi connectivity index (χ1n) is 9.03. The number of anilines is 1. The van der Waals surface area contributed by atoms with Crippen molar-refractivity contribution in [1.82, 2.24) is 10.3 Å². The zero-order valence-electron chi connectivity index (χ0n) is 16.0. The largest absolute Gasteiger partial charge is 0.361 e. The van der Waals surface area contributed by atoms with Crippen molar-refractivity contribution in [2.45, 2.75) is 26.7 Å². The number of thiocarbonyl (C=S) groups is 1. The highest BCUT2D eigenvalue weighted by atomic mass is 32.1. The van der Waals surface area contributed by atoms with Crippen molar-refractivity contribution < 1.29 is 4.79 Å². The molecule has 1 amide bonds. The number of hydrogen-bond acceptors (Lipinski definition) is 3. The molecule has 0 spiro atoms. The molecule has 0 unspecified atom stereocenters. The Morgan fingerprint density at radius 3 is 2.67 bits per heavy atom.